The van der Waals surface area contributed by atoms with Gasteiger partial charge >= 0.3 is 0 Å². The van der Waals surface area contributed by atoms with Crippen molar-refractivity contribution in [2.24, 2.45) is 7.05 Å². The van der Waals surface area contributed by atoms with Crippen molar-refractivity contribution in [1.29, 1.82) is 0 Å². The summed E-state index contributed by atoms with van der Waals surface area (Å²) >= 11 is 0. The Balaban J connectivity index is 2.00. The largest absolute Gasteiger partial charge is 0.344 e. The van der Waals surface area contributed by atoms with E-state index in [-0.39, 0.29) is 11.9 Å². The average molecular weight is 269 g/mol. The van der Waals surface area contributed by atoms with E-state index in [9.17, 15) is 4.79 Å². The molecule has 0 radical (unpaired) electrons. The molecule has 0 saturated heterocycles. The Morgan fingerprint density at radius 2 is 2.10 bits per heavy atom. The van der Waals surface area contributed by atoms with Gasteiger partial charge in [-0.25, -0.2) is 0 Å². The molecule has 4 heteroatoms. The molecule has 0 aliphatic carbocycles. The fraction of sp³-hybridized carbons (Fsp3) is 0.250. The van der Waals surface area contributed by atoms with Crippen molar-refractivity contribution < 1.29 is 4.79 Å². The molecule has 1 aromatic heterocycles. The lowest BCUT2D eigenvalue weighted by atomic mass is 10.1. The second-order valence-corrected chi connectivity index (χ2v) is 4.59. The monoisotopic (exact) mass is 269 g/mol. The molecule has 0 aliphatic rings. The van der Waals surface area contributed by atoms with Gasteiger partial charge in [-0.15, -0.1) is 0 Å². The van der Waals surface area contributed by atoms with Crippen molar-refractivity contribution in [2.45, 2.75) is 19.4 Å². The van der Waals surface area contributed by atoms with Crippen LogP contribution in [0.5, 0.6) is 0 Å². The number of hydrogen-bond acceptors (Lipinski definition) is 2. The summed E-state index contributed by atoms with van der Waals surface area (Å²) in [5.41, 5.74) is 2.02. The molecule has 0 saturated carbocycles. The van der Waals surface area contributed by atoms with E-state index >= 15 is 0 Å². The third-order valence-corrected chi connectivity index (χ3v) is 3.17. The quantitative estimate of drug-likeness (QED) is 0.848. The predicted molar refractivity (Wildman–Crippen MR) is 79.9 cm³/mol. The topological polar surface area (TPSA) is 46.9 Å². The van der Waals surface area contributed by atoms with E-state index in [1.807, 2.05) is 56.4 Å². The first-order valence-corrected chi connectivity index (χ1v) is 6.72. The van der Waals surface area contributed by atoms with Crippen molar-refractivity contribution in [2.75, 3.05) is 0 Å². The highest BCUT2D eigenvalue weighted by Gasteiger charge is 2.14. The van der Waals surface area contributed by atoms with Crippen LogP contribution in [-0.2, 0) is 11.8 Å². The van der Waals surface area contributed by atoms with Gasteiger partial charge in [0.15, 0.2) is 0 Å². The van der Waals surface area contributed by atoms with E-state index in [2.05, 4.69) is 10.4 Å². The number of benzene rings is 1. The first-order valence-electron chi connectivity index (χ1n) is 6.72. The minimum atomic E-state index is -0.0955. The van der Waals surface area contributed by atoms with Crippen LogP contribution in [0.1, 0.15) is 30.6 Å². The van der Waals surface area contributed by atoms with E-state index < -0.39 is 0 Å². The van der Waals surface area contributed by atoms with Gasteiger partial charge < -0.3 is 5.32 Å². The lowest BCUT2D eigenvalue weighted by molar-refractivity contribution is -0.117. The number of carbonyl (C=O) groups excluding carboxylic acids is 1. The minimum absolute atomic E-state index is 0.0181. The summed E-state index contributed by atoms with van der Waals surface area (Å²) in [7, 11) is 1.88. The molecule has 0 aliphatic heterocycles. The number of aromatic nitrogens is 2. The van der Waals surface area contributed by atoms with Crippen molar-refractivity contribution in [3.05, 3.63) is 59.9 Å². The molecule has 20 heavy (non-hydrogen) atoms. The minimum Gasteiger partial charge on any atom is -0.344 e. The summed E-state index contributed by atoms with van der Waals surface area (Å²) in [6.07, 6.45) is 5.94. The van der Waals surface area contributed by atoms with Gasteiger partial charge in [-0.1, -0.05) is 37.3 Å². The molecule has 0 bridgehead atoms. The summed E-state index contributed by atoms with van der Waals surface area (Å²) in [6, 6.07) is 11.7. The molecule has 2 rings (SSSR count). The lowest BCUT2D eigenvalue weighted by Crippen LogP contribution is -2.27. The van der Waals surface area contributed by atoms with Gasteiger partial charge in [0.2, 0.25) is 5.91 Å². The highest BCUT2D eigenvalue weighted by atomic mass is 16.1. The van der Waals surface area contributed by atoms with Crippen LogP contribution >= 0.6 is 0 Å². The SMILES string of the molecule is CC[C@H](NC(=O)/C=C/c1ccccc1)c1ccnn1C. The standard InChI is InChI=1S/C16H19N3O/c1-3-14(15-11-12-17-19(15)2)18-16(20)10-9-13-7-5-4-6-8-13/h4-12,14H,3H2,1-2H3,(H,18,20)/b10-9+/t14-/m0/s1. The smallest absolute Gasteiger partial charge is 0.244 e. The molecule has 1 atom stereocenters. The van der Waals surface area contributed by atoms with Crippen LogP contribution in [-0.4, -0.2) is 15.7 Å². The predicted octanol–water partition coefficient (Wildman–Crippen LogP) is 2.70. The molecule has 0 fully saturated rings. The normalized spacial score (nSPS) is 12.5. The molecule has 1 N–H and O–H groups in total. The van der Waals surface area contributed by atoms with Crippen LogP contribution in [0.3, 0.4) is 0 Å². The van der Waals surface area contributed by atoms with Crippen LogP contribution in [0.15, 0.2) is 48.7 Å². The third kappa shape index (κ3) is 3.57. The maximum Gasteiger partial charge on any atom is 0.244 e. The van der Waals surface area contributed by atoms with E-state index in [0.717, 1.165) is 17.7 Å². The maximum absolute atomic E-state index is 12.0. The van der Waals surface area contributed by atoms with E-state index in [4.69, 9.17) is 0 Å². The third-order valence-electron chi connectivity index (χ3n) is 3.17. The second kappa shape index (κ2) is 6.70. The Labute approximate surface area is 119 Å². The first kappa shape index (κ1) is 14.1. The van der Waals surface area contributed by atoms with E-state index in [1.54, 1.807) is 17.0 Å². The number of hydrogen-bond donors (Lipinski definition) is 1. The number of nitrogens with one attached hydrogen (secondary N) is 1. The van der Waals surface area contributed by atoms with E-state index in [0.29, 0.717) is 0 Å². The zero-order valence-corrected chi connectivity index (χ0v) is 11.8. The molecule has 0 unspecified atom stereocenters. The highest BCUT2D eigenvalue weighted by molar-refractivity contribution is 5.91. The number of amides is 1. The van der Waals surface area contributed by atoms with Crippen molar-refractivity contribution in [3.8, 4) is 0 Å². The molecule has 2 aromatic rings. The number of rotatable bonds is 5. The summed E-state index contributed by atoms with van der Waals surface area (Å²) < 4.78 is 1.79. The molecule has 104 valence electrons. The summed E-state index contributed by atoms with van der Waals surface area (Å²) in [6.45, 7) is 2.04. The lowest BCUT2D eigenvalue weighted by Gasteiger charge is -2.16. The first-order chi connectivity index (χ1) is 9.70. The summed E-state index contributed by atoms with van der Waals surface area (Å²) in [5.74, 6) is -0.0955. The Hall–Kier alpha value is -2.36. The number of carbonyl (C=O) groups is 1. The zero-order chi connectivity index (χ0) is 14.4. The van der Waals surface area contributed by atoms with Crippen LogP contribution in [0.4, 0.5) is 0 Å². The number of nitrogens with zero attached hydrogens (tertiary/aromatic N) is 2. The number of aryl methyl sites for hydroxylation is 1. The van der Waals surface area contributed by atoms with Gasteiger partial charge in [-0.3, -0.25) is 9.48 Å². The van der Waals surface area contributed by atoms with Crippen LogP contribution in [0.25, 0.3) is 6.08 Å². The molecule has 0 spiro atoms. The summed E-state index contributed by atoms with van der Waals surface area (Å²) in [4.78, 5) is 12.0. The Morgan fingerprint density at radius 3 is 2.70 bits per heavy atom. The van der Waals surface area contributed by atoms with E-state index in [1.165, 1.54) is 0 Å². The van der Waals surface area contributed by atoms with Crippen molar-refractivity contribution in [3.63, 3.8) is 0 Å². The highest BCUT2D eigenvalue weighted by Crippen LogP contribution is 2.15. The van der Waals surface area contributed by atoms with Gasteiger partial charge in [0, 0.05) is 19.3 Å². The van der Waals surface area contributed by atoms with Crippen molar-refractivity contribution in [1.82, 2.24) is 15.1 Å². The molecule has 1 amide bonds. The second-order valence-electron chi connectivity index (χ2n) is 4.59. The van der Waals surface area contributed by atoms with Gasteiger partial charge in [0.05, 0.1) is 11.7 Å². The van der Waals surface area contributed by atoms with Gasteiger partial charge in [0.25, 0.3) is 0 Å². The van der Waals surface area contributed by atoms with Gasteiger partial charge in [-0.05, 0) is 24.1 Å². The fourth-order valence-corrected chi connectivity index (χ4v) is 2.07. The van der Waals surface area contributed by atoms with Crippen molar-refractivity contribution >= 4 is 12.0 Å². The summed E-state index contributed by atoms with van der Waals surface area (Å²) in [5, 5.41) is 7.13. The molecule has 4 nitrogen and oxygen atoms in total. The van der Waals surface area contributed by atoms with Crippen LogP contribution < -0.4 is 5.32 Å². The maximum atomic E-state index is 12.0. The van der Waals surface area contributed by atoms with Gasteiger partial charge in [0.1, 0.15) is 0 Å². The average Bonchev–Trinajstić information content (AvgIpc) is 2.90. The van der Waals surface area contributed by atoms with Crippen LogP contribution in [0, 0.1) is 0 Å². The Bertz CT molecular complexity index is 587. The molecule has 1 aromatic carbocycles. The zero-order valence-electron chi connectivity index (χ0n) is 11.8. The Kier molecular flexibility index (Phi) is 4.71. The fourth-order valence-electron chi connectivity index (χ4n) is 2.07. The van der Waals surface area contributed by atoms with Crippen LogP contribution in [0.2, 0.25) is 0 Å². The molecular weight excluding hydrogens is 250 g/mol. The Morgan fingerprint density at radius 1 is 1.35 bits per heavy atom. The van der Waals surface area contributed by atoms with Gasteiger partial charge in [-0.2, -0.15) is 5.10 Å². The molecular formula is C16H19N3O. The molecule has 1 heterocycles.